The van der Waals surface area contributed by atoms with Crippen molar-refractivity contribution in [2.24, 2.45) is 11.8 Å². The van der Waals surface area contributed by atoms with Crippen molar-refractivity contribution in [2.45, 2.75) is 6.18 Å². The van der Waals surface area contributed by atoms with E-state index in [1.807, 2.05) is 4.90 Å². The molecule has 142 valence electrons. The van der Waals surface area contributed by atoms with Crippen LogP contribution in [0.5, 0.6) is 5.75 Å². The minimum Gasteiger partial charge on any atom is -0.506 e. The molecule has 4 rings (SSSR count). The Balaban J connectivity index is 1.40. The first-order chi connectivity index (χ1) is 12.8. The highest BCUT2D eigenvalue weighted by molar-refractivity contribution is 5.94. The van der Waals surface area contributed by atoms with Gasteiger partial charge in [0.15, 0.2) is 0 Å². The monoisotopic (exact) mass is 378 g/mol. The first-order valence-electron chi connectivity index (χ1n) is 8.53. The molecule has 2 saturated heterocycles. The molecule has 9 heteroatoms. The summed E-state index contributed by atoms with van der Waals surface area (Å²) in [5.74, 6) is 0.769. The Hall–Kier alpha value is -2.84. The summed E-state index contributed by atoms with van der Waals surface area (Å²) in [6, 6.07) is 3.83. The van der Waals surface area contributed by atoms with Crippen LogP contribution in [0.1, 0.15) is 15.9 Å². The molecule has 1 amide bonds. The van der Waals surface area contributed by atoms with Gasteiger partial charge >= 0.3 is 6.18 Å². The average Bonchev–Trinajstić information content (AvgIpc) is 3.19. The molecular weight excluding hydrogens is 361 g/mol. The van der Waals surface area contributed by atoms with E-state index >= 15 is 0 Å². The quantitative estimate of drug-likeness (QED) is 0.869. The molecule has 2 atom stereocenters. The molecule has 2 aromatic heterocycles. The molecule has 6 nitrogen and oxygen atoms in total. The van der Waals surface area contributed by atoms with Crippen LogP contribution in [-0.4, -0.2) is 52.1 Å². The molecule has 0 saturated carbocycles. The van der Waals surface area contributed by atoms with E-state index in [2.05, 4.69) is 9.97 Å². The second-order valence-electron chi connectivity index (χ2n) is 6.97. The zero-order valence-electron chi connectivity index (χ0n) is 14.2. The van der Waals surface area contributed by atoms with Gasteiger partial charge in [-0.2, -0.15) is 13.2 Å². The highest BCUT2D eigenvalue weighted by Crippen LogP contribution is 2.35. The molecule has 2 fully saturated rings. The summed E-state index contributed by atoms with van der Waals surface area (Å²) in [6.45, 7) is 2.42. The second-order valence-corrected chi connectivity index (χ2v) is 6.97. The van der Waals surface area contributed by atoms with Gasteiger partial charge in [-0.15, -0.1) is 0 Å². The normalized spacial score (nSPS) is 22.2. The highest BCUT2D eigenvalue weighted by Gasteiger charge is 2.42. The van der Waals surface area contributed by atoms with Crippen LogP contribution in [0.2, 0.25) is 0 Å². The average molecular weight is 378 g/mol. The molecule has 0 aromatic carbocycles. The topological polar surface area (TPSA) is 69.6 Å². The summed E-state index contributed by atoms with van der Waals surface area (Å²) < 4.78 is 38.0. The maximum atomic E-state index is 12.7. The molecular formula is C18H17F3N4O2. The van der Waals surface area contributed by atoms with E-state index in [9.17, 15) is 23.1 Å². The lowest BCUT2D eigenvalue weighted by molar-refractivity contribution is -0.137. The number of carbonyl (C=O) groups is 1. The molecule has 2 unspecified atom stereocenters. The lowest BCUT2D eigenvalue weighted by Crippen LogP contribution is -2.33. The van der Waals surface area contributed by atoms with Gasteiger partial charge in [-0.05, 0) is 18.2 Å². The van der Waals surface area contributed by atoms with Crippen molar-refractivity contribution in [3.8, 4) is 5.75 Å². The van der Waals surface area contributed by atoms with E-state index < -0.39 is 11.7 Å². The summed E-state index contributed by atoms with van der Waals surface area (Å²) >= 11 is 0. The Bertz CT molecular complexity index is 842. The van der Waals surface area contributed by atoms with E-state index in [0.717, 1.165) is 12.3 Å². The Morgan fingerprint density at radius 3 is 2.33 bits per heavy atom. The van der Waals surface area contributed by atoms with Gasteiger partial charge in [0.25, 0.3) is 5.91 Å². The van der Waals surface area contributed by atoms with Gasteiger partial charge in [0.05, 0.1) is 17.3 Å². The summed E-state index contributed by atoms with van der Waals surface area (Å²) in [5.41, 5.74) is -0.418. The molecule has 2 aliphatic heterocycles. The lowest BCUT2D eigenvalue weighted by Gasteiger charge is -2.22. The fourth-order valence-corrected chi connectivity index (χ4v) is 3.81. The first-order valence-corrected chi connectivity index (χ1v) is 8.53. The van der Waals surface area contributed by atoms with Crippen molar-refractivity contribution in [3.05, 3.63) is 47.9 Å². The summed E-state index contributed by atoms with van der Waals surface area (Å²) in [5, 5.41) is 9.48. The van der Waals surface area contributed by atoms with E-state index in [1.165, 1.54) is 24.5 Å². The second kappa shape index (κ2) is 6.40. The molecule has 27 heavy (non-hydrogen) atoms. The van der Waals surface area contributed by atoms with E-state index in [0.29, 0.717) is 37.6 Å². The largest absolute Gasteiger partial charge is 0.506 e. The minimum atomic E-state index is -4.39. The third-order valence-electron chi connectivity index (χ3n) is 5.14. The van der Waals surface area contributed by atoms with Crippen LogP contribution in [0.25, 0.3) is 0 Å². The number of aromatic hydroxyl groups is 1. The van der Waals surface area contributed by atoms with Crippen LogP contribution in [-0.2, 0) is 6.18 Å². The SMILES string of the molecule is O=C(c1cncc(O)c1)N1CC2CN(c3ccc(C(F)(F)F)cn3)CC2C1. The van der Waals surface area contributed by atoms with Crippen LogP contribution in [0, 0.1) is 11.8 Å². The van der Waals surface area contributed by atoms with Gasteiger partial charge in [0, 0.05) is 50.4 Å². The van der Waals surface area contributed by atoms with E-state index in [-0.39, 0.29) is 23.5 Å². The number of hydrogen-bond acceptors (Lipinski definition) is 5. The molecule has 0 aliphatic carbocycles. The number of halogens is 3. The lowest BCUT2D eigenvalue weighted by atomic mass is 10.0. The van der Waals surface area contributed by atoms with Crippen LogP contribution < -0.4 is 4.90 Å². The van der Waals surface area contributed by atoms with Crippen molar-refractivity contribution in [1.82, 2.24) is 14.9 Å². The molecule has 4 heterocycles. The fourth-order valence-electron chi connectivity index (χ4n) is 3.81. The highest BCUT2D eigenvalue weighted by atomic mass is 19.4. The Labute approximate surface area is 153 Å². The predicted octanol–water partition coefficient (Wildman–Crippen LogP) is 2.41. The zero-order chi connectivity index (χ0) is 19.2. The number of pyridine rings is 2. The number of anilines is 1. The first kappa shape index (κ1) is 17.6. The third-order valence-corrected chi connectivity index (χ3v) is 5.14. The van der Waals surface area contributed by atoms with Gasteiger partial charge < -0.3 is 14.9 Å². The number of rotatable bonds is 2. The number of hydrogen-bond donors (Lipinski definition) is 1. The van der Waals surface area contributed by atoms with Crippen LogP contribution in [0.3, 0.4) is 0 Å². The maximum absolute atomic E-state index is 12.7. The van der Waals surface area contributed by atoms with Gasteiger partial charge in [-0.1, -0.05) is 0 Å². The maximum Gasteiger partial charge on any atom is 0.417 e. The van der Waals surface area contributed by atoms with Gasteiger partial charge in [-0.25, -0.2) is 4.98 Å². The molecule has 0 bridgehead atoms. The standard InChI is InChI=1S/C18H17F3N4O2/c19-18(20,21)14-1-2-16(23-5-14)24-7-12-9-25(10-13(12)8-24)17(27)11-3-15(26)6-22-4-11/h1-6,12-13,26H,7-10H2. The van der Waals surface area contributed by atoms with Gasteiger partial charge in [0.1, 0.15) is 11.6 Å². The number of aromatic nitrogens is 2. The van der Waals surface area contributed by atoms with Gasteiger partial charge in [-0.3, -0.25) is 9.78 Å². The number of carbonyl (C=O) groups excluding carboxylic acids is 1. The number of fused-ring (bicyclic) bond motifs is 1. The number of alkyl halides is 3. The van der Waals surface area contributed by atoms with Crippen LogP contribution >= 0.6 is 0 Å². The zero-order valence-corrected chi connectivity index (χ0v) is 14.2. The van der Waals surface area contributed by atoms with Crippen molar-refractivity contribution < 1.29 is 23.1 Å². The predicted molar refractivity (Wildman–Crippen MR) is 90.2 cm³/mol. The summed E-state index contributed by atoms with van der Waals surface area (Å²) in [7, 11) is 0. The third kappa shape index (κ3) is 3.41. The summed E-state index contributed by atoms with van der Waals surface area (Å²) in [6.07, 6.45) is -0.845. The smallest absolute Gasteiger partial charge is 0.417 e. The number of amides is 1. The number of likely N-dealkylation sites (tertiary alicyclic amines) is 1. The van der Waals surface area contributed by atoms with Crippen molar-refractivity contribution in [3.63, 3.8) is 0 Å². The van der Waals surface area contributed by atoms with Crippen LogP contribution in [0.4, 0.5) is 19.0 Å². The molecule has 0 radical (unpaired) electrons. The van der Waals surface area contributed by atoms with Crippen molar-refractivity contribution in [2.75, 3.05) is 31.1 Å². The molecule has 2 aromatic rings. The Morgan fingerprint density at radius 2 is 1.78 bits per heavy atom. The molecule has 2 aliphatic rings. The Kier molecular flexibility index (Phi) is 4.16. The van der Waals surface area contributed by atoms with Crippen molar-refractivity contribution in [1.29, 1.82) is 0 Å². The number of nitrogens with zero attached hydrogens (tertiary/aromatic N) is 4. The Morgan fingerprint density at radius 1 is 1.07 bits per heavy atom. The molecule has 0 spiro atoms. The van der Waals surface area contributed by atoms with E-state index in [1.54, 1.807) is 4.90 Å². The minimum absolute atomic E-state index is 0.0557. The van der Waals surface area contributed by atoms with Crippen molar-refractivity contribution >= 4 is 11.7 Å². The fraction of sp³-hybridized carbons (Fsp3) is 0.389. The van der Waals surface area contributed by atoms with Crippen LogP contribution in [0.15, 0.2) is 36.8 Å². The van der Waals surface area contributed by atoms with Gasteiger partial charge in [0.2, 0.25) is 0 Å². The van der Waals surface area contributed by atoms with E-state index in [4.69, 9.17) is 0 Å². The molecule has 1 N–H and O–H groups in total. The summed E-state index contributed by atoms with van der Waals surface area (Å²) in [4.78, 5) is 24.0.